The highest BCUT2D eigenvalue weighted by Crippen LogP contribution is 2.31. The lowest BCUT2D eigenvalue weighted by Gasteiger charge is -2.25. The molecule has 8 heteroatoms. The number of hydrogen-bond donors (Lipinski definition) is 1. The number of nitrogens with two attached hydrogens (primary N) is 1. The van der Waals surface area contributed by atoms with Crippen LogP contribution in [0.15, 0.2) is 47.1 Å². The fourth-order valence-corrected chi connectivity index (χ4v) is 2.85. The molecule has 0 spiro atoms. The first-order valence-electron chi connectivity index (χ1n) is 9.02. The van der Waals surface area contributed by atoms with Gasteiger partial charge in [-0.1, -0.05) is 40.7 Å². The van der Waals surface area contributed by atoms with Crippen molar-refractivity contribution in [3.8, 4) is 11.3 Å². The zero-order chi connectivity index (χ0) is 18.6. The van der Waals surface area contributed by atoms with Gasteiger partial charge in [0.2, 0.25) is 5.76 Å². The van der Waals surface area contributed by atoms with E-state index < -0.39 is 5.91 Å². The number of amides is 1. The molecule has 3 aromatic rings. The van der Waals surface area contributed by atoms with E-state index in [-0.39, 0.29) is 7.19 Å². The largest absolute Gasteiger partial charge is 0.380 e. The van der Waals surface area contributed by atoms with Crippen LogP contribution in [0.2, 0.25) is 0 Å². The smallest absolute Gasteiger partial charge is 0.287 e. The molecule has 1 saturated carbocycles. The van der Waals surface area contributed by atoms with E-state index >= 15 is 0 Å². The van der Waals surface area contributed by atoms with Crippen LogP contribution >= 0.6 is 0 Å². The molecule has 2 fully saturated rings. The molecule has 142 valence electrons. The van der Waals surface area contributed by atoms with Crippen LogP contribution < -0.4 is 5.73 Å². The van der Waals surface area contributed by atoms with E-state index in [4.69, 9.17) is 15.0 Å². The summed E-state index contributed by atoms with van der Waals surface area (Å²) in [6.45, 7) is 1.65. The molecule has 0 bridgehead atoms. The maximum absolute atomic E-state index is 10.7. The molecule has 1 saturated heterocycles. The van der Waals surface area contributed by atoms with Crippen molar-refractivity contribution in [2.45, 2.75) is 31.2 Å². The zero-order valence-electron chi connectivity index (χ0n) is 14.8. The summed E-state index contributed by atoms with van der Waals surface area (Å²) >= 11 is 0. The Hall–Kier alpha value is -3.00. The van der Waals surface area contributed by atoms with Crippen LogP contribution in [0.1, 0.15) is 48.9 Å². The number of carbonyl (C=O) groups is 1. The van der Waals surface area contributed by atoms with Gasteiger partial charge in [0.05, 0.1) is 30.9 Å². The lowest BCUT2D eigenvalue weighted by atomic mass is 9.93. The van der Waals surface area contributed by atoms with Crippen LogP contribution in [0.5, 0.6) is 0 Å². The molecule has 1 aliphatic heterocycles. The Morgan fingerprint density at radius 2 is 2.00 bits per heavy atom. The summed E-state index contributed by atoms with van der Waals surface area (Å²) in [7, 11) is 0. The lowest BCUT2D eigenvalue weighted by Crippen LogP contribution is -2.25. The minimum absolute atomic E-state index is 0. The number of ether oxygens (including phenoxy) is 1. The third-order valence-electron chi connectivity index (χ3n) is 4.86. The number of carbonyl (C=O) groups excluding carboxylic acids is 1. The molecule has 2 N–H and O–H groups in total. The van der Waals surface area contributed by atoms with Crippen molar-refractivity contribution in [1.29, 1.82) is 0 Å². The van der Waals surface area contributed by atoms with E-state index in [1.54, 1.807) is 0 Å². The van der Waals surface area contributed by atoms with Crippen molar-refractivity contribution in [2.24, 2.45) is 5.73 Å². The SMILES string of the molecule is NC(=O)c1cc(-c2ccccc2)no1.[HH].c1c(C2COC2)nnn1C1CCC1. The Labute approximate surface area is 157 Å². The van der Waals surface area contributed by atoms with Gasteiger partial charge in [0, 0.05) is 19.3 Å². The average molecular weight is 369 g/mol. The summed E-state index contributed by atoms with van der Waals surface area (Å²) in [5.74, 6) is -0.0302. The quantitative estimate of drug-likeness (QED) is 0.757. The van der Waals surface area contributed by atoms with E-state index in [9.17, 15) is 4.79 Å². The number of rotatable bonds is 4. The van der Waals surface area contributed by atoms with Crippen LogP contribution in [-0.4, -0.2) is 39.3 Å². The molecule has 1 amide bonds. The first-order chi connectivity index (χ1) is 13.2. The van der Waals surface area contributed by atoms with Crippen molar-refractivity contribution in [3.05, 3.63) is 54.0 Å². The Morgan fingerprint density at radius 3 is 2.56 bits per heavy atom. The number of aromatic nitrogens is 4. The normalized spacial score (nSPS) is 16.7. The Kier molecular flexibility index (Phi) is 4.97. The molecule has 27 heavy (non-hydrogen) atoms. The third-order valence-corrected chi connectivity index (χ3v) is 4.86. The second kappa shape index (κ2) is 7.71. The van der Waals surface area contributed by atoms with E-state index in [1.165, 1.54) is 25.3 Å². The van der Waals surface area contributed by atoms with Gasteiger partial charge in [-0.25, -0.2) is 4.68 Å². The van der Waals surface area contributed by atoms with E-state index in [0.29, 0.717) is 17.7 Å². The predicted molar refractivity (Wildman–Crippen MR) is 99.0 cm³/mol. The first kappa shape index (κ1) is 17.4. The molecular weight excluding hydrogens is 346 g/mol. The standard InChI is InChI=1S/C10H8N2O2.C9H13N3O.H2/c11-10(13)9-6-8(12-14-9)7-4-2-1-3-5-7;1-2-8(3-1)12-4-9(10-11-12)7-5-13-6-7;/h1-6H,(H2,11,13);4,7-8H,1-3,5-6H2;1H. The van der Waals surface area contributed by atoms with E-state index in [0.717, 1.165) is 24.5 Å². The number of hydrogen-bond acceptors (Lipinski definition) is 6. The van der Waals surface area contributed by atoms with Crippen LogP contribution in [-0.2, 0) is 4.74 Å². The fourth-order valence-electron chi connectivity index (χ4n) is 2.85. The molecule has 2 aromatic heterocycles. The highest BCUT2D eigenvalue weighted by Gasteiger charge is 2.26. The second-order valence-electron chi connectivity index (χ2n) is 6.75. The second-order valence-corrected chi connectivity index (χ2v) is 6.75. The van der Waals surface area contributed by atoms with Crippen molar-refractivity contribution >= 4 is 5.91 Å². The zero-order valence-corrected chi connectivity index (χ0v) is 14.8. The van der Waals surface area contributed by atoms with Crippen LogP contribution in [0.3, 0.4) is 0 Å². The van der Waals surface area contributed by atoms with E-state index in [2.05, 4.69) is 21.7 Å². The minimum atomic E-state index is -0.611. The van der Waals surface area contributed by atoms with Gasteiger partial charge < -0.3 is 15.0 Å². The van der Waals surface area contributed by atoms with Crippen molar-refractivity contribution in [1.82, 2.24) is 20.2 Å². The highest BCUT2D eigenvalue weighted by atomic mass is 16.5. The summed E-state index contributed by atoms with van der Waals surface area (Å²) in [6.07, 6.45) is 5.97. The van der Waals surface area contributed by atoms with Gasteiger partial charge in [0.1, 0.15) is 5.69 Å². The van der Waals surface area contributed by atoms with Gasteiger partial charge in [0.25, 0.3) is 5.91 Å². The topological polar surface area (TPSA) is 109 Å². The van der Waals surface area contributed by atoms with E-state index in [1.807, 2.05) is 35.0 Å². The summed E-state index contributed by atoms with van der Waals surface area (Å²) in [5, 5.41) is 12.1. The summed E-state index contributed by atoms with van der Waals surface area (Å²) in [6, 6.07) is 11.6. The maximum atomic E-state index is 10.7. The van der Waals surface area contributed by atoms with Gasteiger partial charge >= 0.3 is 0 Å². The first-order valence-corrected chi connectivity index (χ1v) is 9.02. The number of benzene rings is 1. The Balaban J connectivity index is 0.000000155. The molecule has 0 radical (unpaired) electrons. The van der Waals surface area contributed by atoms with Crippen LogP contribution in [0, 0.1) is 0 Å². The molecule has 8 nitrogen and oxygen atoms in total. The third kappa shape index (κ3) is 3.90. The minimum Gasteiger partial charge on any atom is -0.380 e. The number of primary amides is 1. The summed E-state index contributed by atoms with van der Waals surface area (Å²) in [5.41, 5.74) is 7.64. The maximum Gasteiger partial charge on any atom is 0.287 e. The molecule has 0 unspecified atom stereocenters. The molecule has 3 heterocycles. The Morgan fingerprint density at radius 1 is 1.22 bits per heavy atom. The predicted octanol–water partition coefficient (Wildman–Crippen LogP) is 2.80. The molecule has 0 atom stereocenters. The van der Waals surface area contributed by atoms with Gasteiger partial charge in [-0.3, -0.25) is 4.79 Å². The van der Waals surface area contributed by atoms with Gasteiger partial charge in [-0.2, -0.15) is 0 Å². The average Bonchev–Trinajstić information content (AvgIpc) is 3.23. The summed E-state index contributed by atoms with van der Waals surface area (Å²) in [4.78, 5) is 10.7. The highest BCUT2D eigenvalue weighted by molar-refractivity contribution is 5.90. The molecule has 1 aromatic carbocycles. The van der Waals surface area contributed by atoms with Crippen molar-refractivity contribution < 1.29 is 15.5 Å². The monoisotopic (exact) mass is 369 g/mol. The van der Waals surface area contributed by atoms with Gasteiger partial charge in [-0.15, -0.1) is 5.10 Å². The van der Waals surface area contributed by atoms with Gasteiger partial charge in [-0.05, 0) is 19.3 Å². The number of nitrogens with zero attached hydrogens (tertiary/aromatic N) is 4. The van der Waals surface area contributed by atoms with Crippen molar-refractivity contribution in [3.63, 3.8) is 0 Å². The van der Waals surface area contributed by atoms with Crippen LogP contribution in [0.25, 0.3) is 11.3 Å². The lowest BCUT2D eigenvalue weighted by molar-refractivity contribution is 0.00664. The van der Waals surface area contributed by atoms with Crippen LogP contribution in [0.4, 0.5) is 0 Å². The van der Waals surface area contributed by atoms with Gasteiger partial charge in [0.15, 0.2) is 0 Å². The molecular formula is C19H23N5O3. The van der Waals surface area contributed by atoms with Crippen molar-refractivity contribution in [2.75, 3.05) is 13.2 Å². The Bertz CT molecular complexity index is 875. The molecule has 1 aliphatic carbocycles. The fraction of sp³-hybridized carbons (Fsp3) is 0.368. The molecule has 5 rings (SSSR count). The summed E-state index contributed by atoms with van der Waals surface area (Å²) < 4.78 is 11.9. The molecule has 2 aliphatic rings.